The van der Waals surface area contributed by atoms with Gasteiger partial charge in [-0.1, -0.05) is 37.8 Å². The molecular weight excluding hydrogens is 284 g/mol. The zero-order valence-electron chi connectivity index (χ0n) is 13.2. The maximum absolute atomic E-state index is 6.40. The minimum atomic E-state index is 0.456. The Hall–Kier alpha value is -0.800. The van der Waals surface area contributed by atoms with Crippen LogP contribution in [0.3, 0.4) is 0 Å². The van der Waals surface area contributed by atoms with Crippen molar-refractivity contribution < 1.29 is 4.74 Å². The second-order valence-electron chi connectivity index (χ2n) is 6.06. The van der Waals surface area contributed by atoms with Crippen LogP contribution in [0.4, 0.5) is 5.69 Å². The Bertz CT molecular complexity index is 431. The molecule has 1 fully saturated rings. The summed E-state index contributed by atoms with van der Waals surface area (Å²) in [5.74, 6) is 0.931. The summed E-state index contributed by atoms with van der Waals surface area (Å²) < 4.78 is 5.13. The van der Waals surface area contributed by atoms with Crippen LogP contribution in [-0.2, 0) is 11.3 Å². The fraction of sp³-hybridized carbons (Fsp3) is 0.706. The predicted molar refractivity (Wildman–Crippen MR) is 88.9 cm³/mol. The number of methoxy groups -OCH3 is 1. The number of hydrogen-bond donors (Lipinski definition) is 1. The molecule has 1 aliphatic carbocycles. The normalized spacial score (nSPS) is 22.2. The summed E-state index contributed by atoms with van der Waals surface area (Å²) in [6.45, 7) is 2.73. The zero-order chi connectivity index (χ0) is 15.1. The van der Waals surface area contributed by atoms with Crippen LogP contribution in [0.15, 0.2) is 12.3 Å². The largest absolute Gasteiger partial charge is 0.381 e. The Kier molecular flexibility index (Phi) is 6.78. The van der Waals surface area contributed by atoms with E-state index < -0.39 is 0 Å². The van der Waals surface area contributed by atoms with Crippen LogP contribution >= 0.6 is 11.6 Å². The van der Waals surface area contributed by atoms with Gasteiger partial charge < -0.3 is 10.1 Å². The Morgan fingerprint density at radius 1 is 1.33 bits per heavy atom. The van der Waals surface area contributed by atoms with E-state index in [0.29, 0.717) is 17.7 Å². The molecule has 0 radical (unpaired) electrons. The first-order chi connectivity index (χ1) is 10.2. The van der Waals surface area contributed by atoms with Crippen molar-refractivity contribution in [1.82, 2.24) is 4.98 Å². The number of pyridine rings is 1. The van der Waals surface area contributed by atoms with Gasteiger partial charge in [-0.05, 0) is 37.7 Å². The van der Waals surface area contributed by atoms with Crippen molar-refractivity contribution in [3.8, 4) is 0 Å². The second kappa shape index (κ2) is 8.60. The van der Waals surface area contributed by atoms with Crippen LogP contribution in [0.25, 0.3) is 0 Å². The fourth-order valence-electron chi connectivity index (χ4n) is 3.14. The summed E-state index contributed by atoms with van der Waals surface area (Å²) >= 11 is 6.40. The van der Waals surface area contributed by atoms with Crippen molar-refractivity contribution in [1.29, 1.82) is 0 Å². The molecule has 4 heteroatoms. The standard InChI is InChI=1S/C17H27ClN2O/c1-3-4-5-13-6-8-14(9-7-13)20-15-10-11-19-16(12-21-2)17(15)18/h10-11,13-14H,3-9,12H2,1-2H3,(H,19,20). The molecule has 0 spiro atoms. The Balaban J connectivity index is 1.87. The second-order valence-corrected chi connectivity index (χ2v) is 6.43. The highest BCUT2D eigenvalue weighted by Crippen LogP contribution is 2.32. The van der Waals surface area contributed by atoms with Gasteiger partial charge >= 0.3 is 0 Å². The molecule has 1 aromatic heterocycles. The third-order valence-corrected chi connectivity index (χ3v) is 4.84. The molecule has 0 saturated heterocycles. The van der Waals surface area contributed by atoms with Crippen LogP contribution in [0.5, 0.6) is 0 Å². The highest BCUT2D eigenvalue weighted by molar-refractivity contribution is 6.33. The van der Waals surface area contributed by atoms with Crippen molar-refractivity contribution in [2.24, 2.45) is 5.92 Å². The van der Waals surface area contributed by atoms with Crippen LogP contribution < -0.4 is 5.32 Å². The summed E-state index contributed by atoms with van der Waals surface area (Å²) in [6, 6.07) is 2.50. The molecule has 0 amide bonds. The lowest BCUT2D eigenvalue weighted by atomic mass is 9.83. The topological polar surface area (TPSA) is 34.2 Å². The fourth-order valence-corrected chi connectivity index (χ4v) is 3.36. The first-order valence-electron chi connectivity index (χ1n) is 8.13. The number of unbranched alkanes of at least 4 members (excludes halogenated alkanes) is 1. The smallest absolute Gasteiger partial charge is 0.0900 e. The molecule has 2 rings (SSSR count). The molecule has 0 aliphatic heterocycles. The quantitative estimate of drug-likeness (QED) is 0.766. The van der Waals surface area contributed by atoms with E-state index in [-0.39, 0.29) is 0 Å². The van der Waals surface area contributed by atoms with Gasteiger partial charge in [0.15, 0.2) is 0 Å². The van der Waals surface area contributed by atoms with Crippen molar-refractivity contribution in [3.63, 3.8) is 0 Å². The molecule has 1 heterocycles. The Morgan fingerprint density at radius 3 is 2.76 bits per heavy atom. The van der Waals surface area contributed by atoms with E-state index in [4.69, 9.17) is 16.3 Å². The Labute approximate surface area is 133 Å². The molecule has 21 heavy (non-hydrogen) atoms. The molecule has 0 aromatic carbocycles. The Morgan fingerprint density at radius 2 is 2.10 bits per heavy atom. The van der Waals surface area contributed by atoms with Gasteiger partial charge in [0.05, 0.1) is 23.0 Å². The molecule has 1 aliphatic rings. The summed E-state index contributed by atoms with van der Waals surface area (Å²) in [7, 11) is 1.66. The zero-order valence-corrected chi connectivity index (χ0v) is 14.0. The molecule has 0 unspecified atom stereocenters. The van der Waals surface area contributed by atoms with Crippen LogP contribution in [0.2, 0.25) is 5.02 Å². The SMILES string of the molecule is CCCCC1CCC(Nc2ccnc(COC)c2Cl)CC1. The minimum Gasteiger partial charge on any atom is -0.381 e. The van der Waals surface area contributed by atoms with Gasteiger partial charge in [0.25, 0.3) is 0 Å². The number of nitrogens with one attached hydrogen (secondary N) is 1. The molecule has 118 valence electrons. The number of anilines is 1. The lowest BCUT2D eigenvalue weighted by Crippen LogP contribution is -2.26. The molecule has 0 bridgehead atoms. The number of hydrogen-bond acceptors (Lipinski definition) is 3. The van der Waals surface area contributed by atoms with Gasteiger partial charge in [0.1, 0.15) is 0 Å². The van der Waals surface area contributed by atoms with Gasteiger partial charge in [-0.2, -0.15) is 0 Å². The molecule has 1 saturated carbocycles. The number of aromatic nitrogens is 1. The van der Waals surface area contributed by atoms with Crippen molar-refractivity contribution >= 4 is 17.3 Å². The summed E-state index contributed by atoms with van der Waals surface area (Å²) in [5, 5.41) is 4.30. The van der Waals surface area contributed by atoms with Gasteiger partial charge in [-0.15, -0.1) is 0 Å². The van der Waals surface area contributed by atoms with Gasteiger partial charge in [-0.25, -0.2) is 0 Å². The molecule has 1 N–H and O–H groups in total. The van der Waals surface area contributed by atoms with E-state index >= 15 is 0 Å². The van der Waals surface area contributed by atoms with Crippen molar-refractivity contribution in [3.05, 3.63) is 23.0 Å². The summed E-state index contributed by atoms with van der Waals surface area (Å²) in [6.07, 6.45) is 11.1. The first kappa shape index (κ1) is 16.6. The van der Waals surface area contributed by atoms with Crippen molar-refractivity contribution in [2.45, 2.75) is 64.5 Å². The number of rotatable bonds is 7. The van der Waals surface area contributed by atoms with Crippen LogP contribution in [-0.4, -0.2) is 18.1 Å². The maximum atomic E-state index is 6.40. The third kappa shape index (κ3) is 4.86. The monoisotopic (exact) mass is 310 g/mol. The van der Waals surface area contributed by atoms with Crippen LogP contribution in [0.1, 0.15) is 57.6 Å². The molecule has 3 nitrogen and oxygen atoms in total. The number of ether oxygens (including phenoxy) is 1. The van der Waals surface area contributed by atoms with Crippen molar-refractivity contribution in [2.75, 3.05) is 12.4 Å². The predicted octanol–water partition coefficient (Wildman–Crippen LogP) is 5.04. The number of nitrogens with zero attached hydrogens (tertiary/aromatic N) is 1. The summed E-state index contributed by atoms with van der Waals surface area (Å²) in [5.41, 5.74) is 1.80. The lowest BCUT2D eigenvalue weighted by molar-refractivity contribution is 0.181. The van der Waals surface area contributed by atoms with Crippen LogP contribution in [0, 0.1) is 5.92 Å². The first-order valence-corrected chi connectivity index (χ1v) is 8.51. The lowest BCUT2D eigenvalue weighted by Gasteiger charge is -2.30. The summed E-state index contributed by atoms with van der Waals surface area (Å²) in [4.78, 5) is 4.27. The number of halogens is 1. The molecular formula is C17H27ClN2O. The van der Waals surface area contributed by atoms with Gasteiger partial charge in [0, 0.05) is 19.3 Å². The third-order valence-electron chi connectivity index (χ3n) is 4.41. The highest BCUT2D eigenvalue weighted by atomic mass is 35.5. The van der Waals surface area contributed by atoms with E-state index in [2.05, 4.69) is 17.2 Å². The maximum Gasteiger partial charge on any atom is 0.0900 e. The van der Waals surface area contributed by atoms with Gasteiger partial charge in [-0.3, -0.25) is 4.98 Å². The highest BCUT2D eigenvalue weighted by Gasteiger charge is 2.21. The van der Waals surface area contributed by atoms with E-state index in [9.17, 15) is 0 Å². The molecule has 0 atom stereocenters. The van der Waals surface area contributed by atoms with E-state index in [1.807, 2.05) is 6.07 Å². The average Bonchev–Trinajstić information content (AvgIpc) is 2.51. The minimum absolute atomic E-state index is 0.456. The van der Waals surface area contributed by atoms with E-state index in [1.165, 1.54) is 44.9 Å². The van der Waals surface area contributed by atoms with E-state index in [1.54, 1.807) is 13.3 Å². The van der Waals surface area contributed by atoms with Gasteiger partial charge in [0.2, 0.25) is 0 Å². The molecule has 1 aromatic rings. The average molecular weight is 311 g/mol. The van der Waals surface area contributed by atoms with E-state index in [0.717, 1.165) is 17.3 Å².